The predicted molar refractivity (Wildman–Crippen MR) is 34.5 cm³/mol. The monoisotopic (exact) mass is 117 g/mol. The summed E-state index contributed by atoms with van der Waals surface area (Å²) in [4.78, 5) is 0. The van der Waals surface area contributed by atoms with Crippen LogP contribution < -0.4 is 5.32 Å². The van der Waals surface area contributed by atoms with Crippen molar-refractivity contribution >= 4 is 11.8 Å². The molecular formula is C5H11NS. The summed E-state index contributed by atoms with van der Waals surface area (Å²) in [7, 11) is 0. The number of thioether (sulfide) groups is 1. The van der Waals surface area contributed by atoms with Gasteiger partial charge in [-0.25, -0.2) is 0 Å². The van der Waals surface area contributed by atoms with Crippen LogP contribution in [0.3, 0.4) is 0 Å². The van der Waals surface area contributed by atoms with E-state index < -0.39 is 0 Å². The molecule has 7 heavy (non-hydrogen) atoms. The third kappa shape index (κ3) is 1.35. The number of hydrogen-bond acceptors (Lipinski definition) is 2. The fraction of sp³-hybridized carbons (Fsp3) is 1.00. The molecule has 0 bridgehead atoms. The first kappa shape index (κ1) is 5.45. The van der Waals surface area contributed by atoms with E-state index in [2.05, 4.69) is 12.2 Å². The Hall–Kier alpha value is 0.310. The molecular weight excluding hydrogens is 106 g/mol. The molecule has 1 aliphatic rings. The molecule has 42 valence electrons. The van der Waals surface area contributed by atoms with E-state index in [1.807, 2.05) is 11.8 Å². The van der Waals surface area contributed by atoms with Gasteiger partial charge >= 0.3 is 0 Å². The first-order valence-corrected chi connectivity index (χ1v) is 3.90. The van der Waals surface area contributed by atoms with Crippen molar-refractivity contribution in [3.8, 4) is 0 Å². The van der Waals surface area contributed by atoms with Gasteiger partial charge in [0.1, 0.15) is 0 Å². The van der Waals surface area contributed by atoms with Gasteiger partial charge in [-0.1, -0.05) is 6.92 Å². The fourth-order valence-corrected chi connectivity index (χ4v) is 1.81. The Morgan fingerprint density at radius 3 is 3.00 bits per heavy atom. The lowest BCUT2D eigenvalue weighted by molar-refractivity contribution is 0.614. The van der Waals surface area contributed by atoms with Crippen LogP contribution in [0.2, 0.25) is 0 Å². The highest BCUT2D eigenvalue weighted by Gasteiger charge is 2.10. The van der Waals surface area contributed by atoms with Gasteiger partial charge in [-0.2, -0.15) is 0 Å². The molecule has 1 fully saturated rings. The third-order valence-electron chi connectivity index (χ3n) is 1.29. The minimum Gasteiger partial charge on any atom is -0.304 e. The summed E-state index contributed by atoms with van der Waals surface area (Å²) in [5, 5.41) is 3.37. The lowest BCUT2D eigenvalue weighted by atomic mass is 10.3. The van der Waals surface area contributed by atoms with Crippen LogP contribution in [0.25, 0.3) is 0 Å². The Bertz CT molecular complexity index is 50.0. The summed E-state index contributed by atoms with van der Waals surface area (Å²) in [6, 6.07) is 0.810. The molecule has 1 rings (SSSR count). The van der Waals surface area contributed by atoms with Gasteiger partial charge in [0.2, 0.25) is 0 Å². The van der Waals surface area contributed by atoms with E-state index in [1.54, 1.807) is 0 Å². The van der Waals surface area contributed by atoms with Gasteiger partial charge in [0.25, 0.3) is 0 Å². The molecule has 1 atom stereocenters. The van der Waals surface area contributed by atoms with Gasteiger partial charge in [-0.3, -0.25) is 0 Å². The summed E-state index contributed by atoms with van der Waals surface area (Å²) in [6.45, 7) is 2.23. The first-order valence-electron chi connectivity index (χ1n) is 2.74. The molecule has 0 aliphatic carbocycles. The highest BCUT2D eigenvalue weighted by Crippen LogP contribution is 2.10. The molecule has 2 heteroatoms. The average Bonchev–Trinajstić information content (AvgIpc) is 2.14. The average molecular weight is 117 g/mol. The maximum absolute atomic E-state index is 3.37. The van der Waals surface area contributed by atoms with Crippen LogP contribution in [-0.2, 0) is 0 Å². The predicted octanol–water partition coefficient (Wildman–Crippen LogP) is 1.06. The molecule has 1 nitrogen and oxygen atoms in total. The standard InChI is InChI=1S/C5H11NS/c1-2-5-3-7-4-6-5/h5-6H,2-4H2,1H3. The topological polar surface area (TPSA) is 12.0 Å². The Labute approximate surface area is 48.9 Å². The van der Waals surface area contributed by atoms with E-state index in [1.165, 1.54) is 18.1 Å². The van der Waals surface area contributed by atoms with Crippen molar-refractivity contribution in [2.24, 2.45) is 0 Å². The summed E-state index contributed by atoms with van der Waals surface area (Å²) in [6.07, 6.45) is 1.28. The lowest BCUT2D eigenvalue weighted by Crippen LogP contribution is -2.21. The second-order valence-electron chi connectivity index (χ2n) is 1.82. The quantitative estimate of drug-likeness (QED) is 0.551. The molecule has 1 saturated heterocycles. The molecule has 1 aliphatic heterocycles. The zero-order chi connectivity index (χ0) is 5.11. The smallest absolute Gasteiger partial charge is 0.0420 e. The Kier molecular flexibility index (Phi) is 2.00. The number of rotatable bonds is 1. The molecule has 0 spiro atoms. The molecule has 1 unspecified atom stereocenters. The van der Waals surface area contributed by atoms with E-state index in [-0.39, 0.29) is 0 Å². The zero-order valence-electron chi connectivity index (χ0n) is 4.61. The Morgan fingerprint density at radius 2 is 2.71 bits per heavy atom. The van der Waals surface area contributed by atoms with Crippen LogP contribution in [0.4, 0.5) is 0 Å². The van der Waals surface area contributed by atoms with Crippen molar-refractivity contribution in [2.45, 2.75) is 19.4 Å². The first-order chi connectivity index (χ1) is 3.43. The van der Waals surface area contributed by atoms with Crippen molar-refractivity contribution in [2.75, 3.05) is 11.6 Å². The van der Waals surface area contributed by atoms with Crippen LogP contribution in [0, 0.1) is 0 Å². The van der Waals surface area contributed by atoms with E-state index >= 15 is 0 Å². The maximum Gasteiger partial charge on any atom is 0.0420 e. The van der Waals surface area contributed by atoms with Crippen molar-refractivity contribution < 1.29 is 0 Å². The fourth-order valence-electron chi connectivity index (χ4n) is 0.699. The molecule has 1 heterocycles. The SMILES string of the molecule is CCC1CSCN1. The van der Waals surface area contributed by atoms with Crippen molar-refractivity contribution in [1.82, 2.24) is 5.32 Å². The number of hydrogen-bond donors (Lipinski definition) is 1. The largest absolute Gasteiger partial charge is 0.304 e. The second-order valence-corrected chi connectivity index (χ2v) is 2.85. The molecule has 0 aromatic carbocycles. The molecule has 0 aromatic rings. The summed E-state index contributed by atoms with van der Waals surface area (Å²) in [5.74, 6) is 2.48. The number of nitrogens with one attached hydrogen (secondary N) is 1. The van der Waals surface area contributed by atoms with E-state index in [0.717, 1.165) is 6.04 Å². The van der Waals surface area contributed by atoms with E-state index in [4.69, 9.17) is 0 Å². The molecule has 0 amide bonds. The van der Waals surface area contributed by atoms with Crippen LogP contribution in [0.1, 0.15) is 13.3 Å². The molecule has 1 N–H and O–H groups in total. The Balaban J connectivity index is 2.14. The third-order valence-corrected chi connectivity index (χ3v) is 2.29. The summed E-state index contributed by atoms with van der Waals surface area (Å²) >= 11 is 2.00. The van der Waals surface area contributed by atoms with Crippen LogP contribution in [0.5, 0.6) is 0 Å². The minimum atomic E-state index is 0.810. The minimum absolute atomic E-state index is 0.810. The lowest BCUT2D eigenvalue weighted by Gasteiger charge is -2.00. The van der Waals surface area contributed by atoms with Gasteiger partial charge in [-0.15, -0.1) is 11.8 Å². The maximum atomic E-state index is 3.37. The highest BCUT2D eigenvalue weighted by atomic mass is 32.2. The van der Waals surface area contributed by atoms with E-state index in [9.17, 15) is 0 Å². The summed E-state index contributed by atoms with van der Waals surface area (Å²) in [5.41, 5.74) is 0. The van der Waals surface area contributed by atoms with Crippen LogP contribution in [0.15, 0.2) is 0 Å². The van der Waals surface area contributed by atoms with Crippen molar-refractivity contribution in [1.29, 1.82) is 0 Å². The van der Waals surface area contributed by atoms with Gasteiger partial charge in [0.15, 0.2) is 0 Å². The zero-order valence-corrected chi connectivity index (χ0v) is 5.42. The van der Waals surface area contributed by atoms with Gasteiger partial charge in [0.05, 0.1) is 0 Å². The van der Waals surface area contributed by atoms with Crippen molar-refractivity contribution in [3.63, 3.8) is 0 Å². The van der Waals surface area contributed by atoms with E-state index in [0.29, 0.717) is 0 Å². The van der Waals surface area contributed by atoms with Crippen LogP contribution >= 0.6 is 11.8 Å². The normalized spacial score (nSPS) is 31.3. The summed E-state index contributed by atoms with van der Waals surface area (Å²) < 4.78 is 0. The molecule has 0 radical (unpaired) electrons. The second kappa shape index (κ2) is 2.58. The molecule has 0 saturated carbocycles. The van der Waals surface area contributed by atoms with Crippen LogP contribution in [-0.4, -0.2) is 17.7 Å². The Morgan fingerprint density at radius 1 is 1.86 bits per heavy atom. The highest BCUT2D eigenvalue weighted by molar-refractivity contribution is 7.99. The van der Waals surface area contributed by atoms with Gasteiger partial charge in [0, 0.05) is 17.7 Å². The van der Waals surface area contributed by atoms with Crippen molar-refractivity contribution in [3.05, 3.63) is 0 Å². The molecule has 0 aromatic heterocycles. The van der Waals surface area contributed by atoms with Gasteiger partial charge < -0.3 is 5.32 Å². The van der Waals surface area contributed by atoms with Gasteiger partial charge in [-0.05, 0) is 6.42 Å².